The van der Waals surface area contributed by atoms with E-state index in [1.807, 2.05) is 72.9 Å². The Kier molecular flexibility index (Phi) is 6.55. The summed E-state index contributed by atoms with van der Waals surface area (Å²) in [5.41, 5.74) is 3.92. The molecule has 158 valence electrons. The van der Waals surface area contributed by atoms with Crippen LogP contribution in [-0.4, -0.2) is 22.1 Å². The number of carboxylic acid groups (broad SMARTS) is 1. The molecule has 0 aliphatic carbocycles. The van der Waals surface area contributed by atoms with E-state index in [0.717, 1.165) is 27.6 Å². The Morgan fingerprint density at radius 2 is 1.81 bits per heavy atom. The van der Waals surface area contributed by atoms with Crippen molar-refractivity contribution in [3.63, 3.8) is 0 Å². The van der Waals surface area contributed by atoms with E-state index in [1.54, 1.807) is 6.07 Å². The summed E-state index contributed by atoms with van der Waals surface area (Å²) in [5, 5.41) is 14.3. The lowest BCUT2D eigenvalue weighted by Gasteiger charge is -2.15. The molecule has 6 heteroatoms. The normalized spacial score (nSPS) is 12.0. The number of H-pyrrole nitrogens is 1. The Bertz CT molecular complexity index is 1170. The Morgan fingerprint density at radius 1 is 1.03 bits per heavy atom. The number of hydrogen-bond donors (Lipinski definition) is 3. The van der Waals surface area contributed by atoms with Crippen LogP contribution in [0.5, 0.6) is 5.75 Å². The molecule has 1 heterocycles. The third-order valence-corrected chi connectivity index (χ3v) is 5.48. The van der Waals surface area contributed by atoms with E-state index in [1.165, 1.54) is 0 Å². The molecule has 5 nitrogen and oxygen atoms in total. The zero-order valence-electron chi connectivity index (χ0n) is 16.8. The summed E-state index contributed by atoms with van der Waals surface area (Å²) < 4.78 is 5.80. The fourth-order valence-electron chi connectivity index (χ4n) is 3.51. The average molecular weight is 435 g/mol. The van der Waals surface area contributed by atoms with E-state index in [4.69, 9.17) is 16.3 Å². The molecule has 0 aliphatic rings. The fourth-order valence-corrected chi connectivity index (χ4v) is 3.77. The van der Waals surface area contributed by atoms with Crippen molar-refractivity contribution in [2.75, 3.05) is 0 Å². The van der Waals surface area contributed by atoms with Gasteiger partial charge in [-0.3, -0.25) is 4.79 Å². The van der Waals surface area contributed by atoms with Crippen molar-refractivity contribution in [3.05, 3.63) is 101 Å². The van der Waals surface area contributed by atoms with Gasteiger partial charge in [-0.1, -0.05) is 66.2 Å². The number of nitrogens with one attached hydrogen (secondary N) is 2. The molecule has 0 bridgehead atoms. The van der Waals surface area contributed by atoms with Crippen LogP contribution in [0.2, 0.25) is 5.02 Å². The molecule has 0 saturated heterocycles. The summed E-state index contributed by atoms with van der Waals surface area (Å²) in [5.74, 6) is -0.290. The fraction of sp³-hybridized carbons (Fsp3) is 0.160. The second kappa shape index (κ2) is 9.69. The number of para-hydroxylation sites is 1. The third kappa shape index (κ3) is 5.26. The first-order valence-electron chi connectivity index (χ1n) is 10.1. The first-order valence-corrected chi connectivity index (χ1v) is 10.4. The number of benzene rings is 3. The minimum absolute atomic E-state index is 0.380. The highest BCUT2D eigenvalue weighted by Crippen LogP contribution is 2.26. The molecule has 4 aromatic rings. The quantitative estimate of drug-likeness (QED) is 0.339. The summed E-state index contributed by atoms with van der Waals surface area (Å²) in [6.45, 7) is 0.821. The first kappa shape index (κ1) is 21.0. The topological polar surface area (TPSA) is 74.3 Å². The second-order valence-electron chi connectivity index (χ2n) is 7.37. The molecule has 3 aromatic carbocycles. The van der Waals surface area contributed by atoms with Crippen molar-refractivity contribution in [1.82, 2.24) is 10.3 Å². The van der Waals surface area contributed by atoms with Crippen molar-refractivity contribution in [1.29, 1.82) is 0 Å². The van der Waals surface area contributed by atoms with Gasteiger partial charge in [0.2, 0.25) is 0 Å². The van der Waals surface area contributed by atoms with Crippen molar-refractivity contribution in [3.8, 4) is 5.75 Å². The van der Waals surface area contributed by atoms with Gasteiger partial charge < -0.3 is 20.1 Å². The summed E-state index contributed by atoms with van der Waals surface area (Å²) in [6.07, 6.45) is 2.25. The molecule has 0 fully saturated rings. The van der Waals surface area contributed by atoms with Crippen molar-refractivity contribution >= 4 is 28.5 Å². The number of rotatable bonds is 9. The van der Waals surface area contributed by atoms with Gasteiger partial charge in [0, 0.05) is 30.1 Å². The predicted octanol–water partition coefficient (Wildman–Crippen LogP) is 5.19. The van der Waals surface area contributed by atoms with Crippen LogP contribution in [0.25, 0.3) is 10.9 Å². The number of halogens is 1. The van der Waals surface area contributed by atoms with Gasteiger partial charge in [0.15, 0.2) is 0 Å². The van der Waals surface area contributed by atoms with Crippen LogP contribution in [-0.2, 0) is 24.4 Å². The van der Waals surface area contributed by atoms with Gasteiger partial charge >= 0.3 is 5.97 Å². The highest BCUT2D eigenvalue weighted by molar-refractivity contribution is 6.32. The summed E-state index contributed by atoms with van der Waals surface area (Å²) >= 11 is 6.38. The SMILES string of the molecule is O=C(O)[C@H](Cc1c[nH]c2ccccc12)NCc1ccc(OCc2ccccc2)c(Cl)c1. The maximum absolute atomic E-state index is 11.8. The third-order valence-electron chi connectivity index (χ3n) is 5.18. The number of aromatic amines is 1. The number of ether oxygens (including phenoxy) is 1. The number of aromatic nitrogens is 1. The Hall–Kier alpha value is -3.28. The van der Waals surface area contributed by atoms with E-state index in [9.17, 15) is 9.90 Å². The molecule has 31 heavy (non-hydrogen) atoms. The Labute approximate surface area is 185 Å². The van der Waals surface area contributed by atoms with Crippen LogP contribution in [0.15, 0.2) is 79.0 Å². The highest BCUT2D eigenvalue weighted by atomic mass is 35.5. The van der Waals surface area contributed by atoms with Gasteiger partial charge in [-0.15, -0.1) is 0 Å². The van der Waals surface area contributed by atoms with E-state index in [2.05, 4.69) is 10.3 Å². The molecule has 0 amide bonds. The number of hydrogen-bond acceptors (Lipinski definition) is 3. The highest BCUT2D eigenvalue weighted by Gasteiger charge is 2.19. The minimum Gasteiger partial charge on any atom is -0.487 e. The van der Waals surface area contributed by atoms with Gasteiger partial charge in [0.05, 0.1) is 5.02 Å². The van der Waals surface area contributed by atoms with Crippen LogP contribution in [0.4, 0.5) is 0 Å². The van der Waals surface area contributed by atoms with Crippen molar-refractivity contribution in [2.45, 2.75) is 25.6 Å². The van der Waals surface area contributed by atoms with Crippen LogP contribution < -0.4 is 10.1 Å². The summed E-state index contributed by atoms with van der Waals surface area (Å²) in [4.78, 5) is 15.0. The number of aliphatic carboxylic acids is 1. The Balaban J connectivity index is 1.38. The van der Waals surface area contributed by atoms with Gasteiger partial charge in [0.1, 0.15) is 18.4 Å². The van der Waals surface area contributed by atoms with Gasteiger partial charge in [-0.05, 0) is 34.9 Å². The molecule has 4 rings (SSSR count). The number of carboxylic acids is 1. The zero-order valence-corrected chi connectivity index (χ0v) is 17.6. The van der Waals surface area contributed by atoms with E-state index < -0.39 is 12.0 Å². The number of fused-ring (bicyclic) bond motifs is 1. The number of carbonyl (C=O) groups is 1. The lowest BCUT2D eigenvalue weighted by Crippen LogP contribution is -2.38. The molecule has 0 unspecified atom stereocenters. The van der Waals surface area contributed by atoms with Gasteiger partial charge in [-0.2, -0.15) is 0 Å². The monoisotopic (exact) mass is 434 g/mol. The maximum atomic E-state index is 11.8. The maximum Gasteiger partial charge on any atom is 0.321 e. The molecule has 1 aromatic heterocycles. The second-order valence-corrected chi connectivity index (χ2v) is 7.78. The van der Waals surface area contributed by atoms with Crippen LogP contribution >= 0.6 is 11.6 Å². The molecule has 3 N–H and O–H groups in total. The average Bonchev–Trinajstić information content (AvgIpc) is 3.19. The molecule has 0 spiro atoms. The van der Waals surface area contributed by atoms with Crippen LogP contribution in [0.1, 0.15) is 16.7 Å². The van der Waals surface area contributed by atoms with Gasteiger partial charge in [0.25, 0.3) is 0 Å². The van der Waals surface area contributed by atoms with Crippen molar-refractivity contribution < 1.29 is 14.6 Å². The van der Waals surface area contributed by atoms with Crippen LogP contribution in [0.3, 0.4) is 0 Å². The standard InChI is InChI=1S/C25H23ClN2O3/c26-21-12-18(10-11-24(21)31-16-17-6-2-1-3-7-17)14-27-23(25(29)30)13-19-15-28-22-9-5-4-8-20(19)22/h1-12,15,23,27-28H,13-14,16H2,(H,29,30)/t23-/m0/s1. The van der Waals surface area contributed by atoms with E-state index in [0.29, 0.717) is 30.3 Å². The lowest BCUT2D eigenvalue weighted by molar-refractivity contribution is -0.139. The molecular formula is C25H23ClN2O3. The lowest BCUT2D eigenvalue weighted by atomic mass is 10.0. The van der Waals surface area contributed by atoms with E-state index >= 15 is 0 Å². The molecule has 0 aliphatic heterocycles. The minimum atomic E-state index is -0.890. The summed E-state index contributed by atoms with van der Waals surface area (Å²) in [7, 11) is 0. The summed E-state index contributed by atoms with van der Waals surface area (Å²) in [6, 6.07) is 22.5. The first-order chi connectivity index (χ1) is 15.1. The van der Waals surface area contributed by atoms with Gasteiger partial charge in [-0.25, -0.2) is 0 Å². The Morgan fingerprint density at radius 3 is 2.58 bits per heavy atom. The molecule has 0 radical (unpaired) electrons. The largest absolute Gasteiger partial charge is 0.487 e. The molecule has 1 atom stereocenters. The zero-order chi connectivity index (χ0) is 21.6. The van der Waals surface area contributed by atoms with Crippen LogP contribution in [0, 0.1) is 0 Å². The van der Waals surface area contributed by atoms with Crippen molar-refractivity contribution in [2.24, 2.45) is 0 Å². The van der Waals surface area contributed by atoms with E-state index in [-0.39, 0.29) is 0 Å². The molecule has 0 saturated carbocycles. The molecular weight excluding hydrogens is 412 g/mol. The smallest absolute Gasteiger partial charge is 0.321 e. The predicted molar refractivity (Wildman–Crippen MR) is 122 cm³/mol.